The first-order chi connectivity index (χ1) is 12.7. The summed E-state index contributed by atoms with van der Waals surface area (Å²) in [5.41, 5.74) is 4.17. The van der Waals surface area contributed by atoms with Crippen LogP contribution in [-0.4, -0.2) is 32.2 Å². The molecule has 0 saturated carbocycles. The number of aryl methyl sites for hydroxylation is 2. The fraction of sp³-hybridized carbons (Fsp3) is 0.316. The molecule has 0 unspecified atom stereocenters. The summed E-state index contributed by atoms with van der Waals surface area (Å²) in [6.45, 7) is 5.00. The Bertz CT molecular complexity index is 894. The van der Waals surface area contributed by atoms with Gasteiger partial charge in [0.05, 0.1) is 17.9 Å². The predicted molar refractivity (Wildman–Crippen MR) is 106 cm³/mol. The smallest absolute Gasteiger partial charge is 0.272 e. The van der Waals surface area contributed by atoms with E-state index in [4.69, 9.17) is 0 Å². The maximum absolute atomic E-state index is 12.5. The van der Waals surface area contributed by atoms with Crippen molar-refractivity contribution in [1.82, 2.24) is 30.4 Å². The summed E-state index contributed by atoms with van der Waals surface area (Å²) in [6, 6.07) is 11.8. The van der Waals surface area contributed by atoms with E-state index < -0.39 is 0 Å². The van der Waals surface area contributed by atoms with Crippen molar-refractivity contribution in [2.75, 3.05) is 6.54 Å². The molecular formula is C19H23ClN6O. The number of nitrogens with zero attached hydrogens (tertiary/aromatic N) is 3. The normalized spacial score (nSPS) is 13.4. The number of carbonyl (C=O) groups excluding carboxylic acids is 1. The standard InChI is InChI=1S/C19H22N6O.ClH/c1-13-17(23-18(22-13)14-6-3-2-4-7-14)19(26)21-11-15-10-16-12-20-8-5-9-25(16)24-15;/h2-4,6-7,10,20H,5,8-9,11-12H2,1H3,(H,21,26)(H,22,23);1H. The first kappa shape index (κ1) is 19.1. The number of aromatic amines is 1. The summed E-state index contributed by atoms with van der Waals surface area (Å²) in [5, 5.41) is 10.9. The van der Waals surface area contributed by atoms with Crippen LogP contribution in [0.5, 0.6) is 0 Å². The van der Waals surface area contributed by atoms with E-state index in [0.717, 1.165) is 48.7 Å². The number of H-pyrrole nitrogens is 1. The molecule has 3 aromatic rings. The van der Waals surface area contributed by atoms with Crippen molar-refractivity contribution < 1.29 is 4.79 Å². The van der Waals surface area contributed by atoms with E-state index in [1.165, 1.54) is 0 Å². The fourth-order valence-electron chi connectivity index (χ4n) is 3.18. The summed E-state index contributed by atoms with van der Waals surface area (Å²) >= 11 is 0. The molecular weight excluding hydrogens is 364 g/mol. The van der Waals surface area contributed by atoms with Gasteiger partial charge in [-0.1, -0.05) is 30.3 Å². The van der Waals surface area contributed by atoms with Crippen LogP contribution in [0.25, 0.3) is 11.4 Å². The Labute approximate surface area is 164 Å². The number of amides is 1. The lowest BCUT2D eigenvalue weighted by Crippen LogP contribution is -2.24. The minimum absolute atomic E-state index is 0. The summed E-state index contributed by atoms with van der Waals surface area (Å²) in [6.07, 6.45) is 1.06. The number of rotatable bonds is 4. The van der Waals surface area contributed by atoms with Crippen LogP contribution in [-0.2, 0) is 19.6 Å². The Morgan fingerprint density at radius 3 is 2.93 bits per heavy atom. The summed E-state index contributed by atoms with van der Waals surface area (Å²) in [5.74, 6) is 0.510. The average Bonchev–Trinajstić information content (AvgIpc) is 3.17. The largest absolute Gasteiger partial charge is 0.345 e. The van der Waals surface area contributed by atoms with Gasteiger partial charge in [0.1, 0.15) is 11.5 Å². The number of fused-ring (bicyclic) bond motifs is 1. The van der Waals surface area contributed by atoms with Gasteiger partial charge >= 0.3 is 0 Å². The molecule has 0 aliphatic carbocycles. The molecule has 1 aromatic carbocycles. The third-order valence-corrected chi connectivity index (χ3v) is 4.52. The van der Waals surface area contributed by atoms with E-state index >= 15 is 0 Å². The highest BCUT2D eigenvalue weighted by atomic mass is 35.5. The highest BCUT2D eigenvalue weighted by molar-refractivity contribution is 5.94. The molecule has 27 heavy (non-hydrogen) atoms. The number of aromatic nitrogens is 4. The highest BCUT2D eigenvalue weighted by Gasteiger charge is 2.17. The third kappa shape index (κ3) is 4.20. The van der Waals surface area contributed by atoms with Gasteiger partial charge in [0, 0.05) is 24.3 Å². The molecule has 4 rings (SSSR count). The monoisotopic (exact) mass is 386 g/mol. The molecule has 1 aliphatic rings. The molecule has 0 atom stereocenters. The van der Waals surface area contributed by atoms with Crippen molar-refractivity contribution in [2.45, 2.75) is 33.0 Å². The molecule has 0 saturated heterocycles. The van der Waals surface area contributed by atoms with Gasteiger partial charge in [-0.05, 0) is 26.0 Å². The molecule has 0 spiro atoms. The lowest BCUT2D eigenvalue weighted by Gasteiger charge is -2.02. The SMILES string of the molecule is Cc1[nH]c(-c2ccccc2)nc1C(=O)NCc1cc2n(n1)CCCNC2.Cl. The quantitative estimate of drug-likeness (QED) is 0.642. The van der Waals surface area contributed by atoms with Crippen molar-refractivity contribution in [3.05, 3.63) is 59.2 Å². The maximum Gasteiger partial charge on any atom is 0.272 e. The van der Waals surface area contributed by atoms with Crippen LogP contribution in [0.15, 0.2) is 36.4 Å². The number of imidazole rings is 1. The van der Waals surface area contributed by atoms with Gasteiger partial charge in [-0.3, -0.25) is 9.48 Å². The molecule has 0 fully saturated rings. The molecule has 3 heterocycles. The zero-order valence-electron chi connectivity index (χ0n) is 15.2. The highest BCUT2D eigenvalue weighted by Crippen LogP contribution is 2.17. The second kappa shape index (κ2) is 8.37. The first-order valence-corrected chi connectivity index (χ1v) is 8.87. The average molecular weight is 387 g/mol. The second-order valence-electron chi connectivity index (χ2n) is 6.49. The topological polar surface area (TPSA) is 87.6 Å². The van der Waals surface area contributed by atoms with Crippen molar-refractivity contribution in [3.8, 4) is 11.4 Å². The molecule has 7 nitrogen and oxygen atoms in total. The third-order valence-electron chi connectivity index (χ3n) is 4.52. The van der Waals surface area contributed by atoms with Gasteiger partial charge in [0.25, 0.3) is 5.91 Å². The van der Waals surface area contributed by atoms with E-state index in [2.05, 4.69) is 25.7 Å². The van der Waals surface area contributed by atoms with Crippen LogP contribution in [0.2, 0.25) is 0 Å². The molecule has 2 aromatic heterocycles. The molecule has 0 radical (unpaired) electrons. The lowest BCUT2D eigenvalue weighted by atomic mass is 10.2. The fourth-order valence-corrected chi connectivity index (χ4v) is 3.18. The Morgan fingerprint density at radius 2 is 2.11 bits per heavy atom. The number of nitrogens with one attached hydrogen (secondary N) is 3. The number of hydrogen-bond acceptors (Lipinski definition) is 4. The van der Waals surface area contributed by atoms with E-state index in [1.807, 2.05) is 48.0 Å². The summed E-state index contributed by atoms with van der Waals surface area (Å²) in [7, 11) is 0. The Kier molecular flexibility index (Phi) is 5.93. The predicted octanol–water partition coefficient (Wildman–Crippen LogP) is 2.43. The summed E-state index contributed by atoms with van der Waals surface area (Å²) in [4.78, 5) is 20.2. The lowest BCUT2D eigenvalue weighted by molar-refractivity contribution is 0.0945. The number of carbonyl (C=O) groups is 1. The van der Waals surface area contributed by atoms with E-state index in [-0.39, 0.29) is 18.3 Å². The van der Waals surface area contributed by atoms with Crippen LogP contribution in [0, 0.1) is 6.92 Å². The van der Waals surface area contributed by atoms with Gasteiger partial charge < -0.3 is 15.6 Å². The summed E-state index contributed by atoms with van der Waals surface area (Å²) < 4.78 is 2.02. The molecule has 1 amide bonds. The number of hydrogen-bond donors (Lipinski definition) is 3. The number of halogens is 1. The molecule has 0 bridgehead atoms. The first-order valence-electron chi connectivity index (χ1n) is 8.87. The minimum atomic E-state index is -0.192. The Morgan fingerprint density at radius 1 is 1.30 bits per heavy atom. The van der Waals surface area contributed by atoms with E-state index in [1.54, 1.807) is 0 Å². The van der Waals surface area contributed by atoms with E-state index in [0.29, 0.717) is 18.1 Å². The van der Waals surface area contributed by atoms with Gasteiger partial charge in [-0.2, -0.15) is 5.10 Å². The van der Waals surface area contributed by atoms with Crippen LogP contribution >= 0.6 is 12.4 Å². The zero-order valence-corrected chi connectivity index (χ0v) is 16.0. The molecule has 8 heteroatoms. The van der Waals surface area contributed by atoms with Crippen LogP contribution in [0.1, 0.15) is 34.0 Å². The van der Waals surface area contributed by atoms with Crippen molar-refractivity contribution >= 4 is 18.3 Å². The Balaban J connectivity index is 0.00000210. The van der Waals surface area contributed by atoms with Gasteiger partial charge in [0.15, 0.2) is 0 Å². The van der Waals surface area contributed by atoms with Gasteiger partial charge in [-0.15, -0.1) is 12.4 Å². The Hall–Kier alpha value is -2.64. The second-order valence-corrected chi connectivity index (χ2v) is 6.49. The van der Waals surface area contributed by atoms with Crippen LogP contribution < -0.4 is 10.6 Å². The van der Waals surface area contributed by atoms with Crippen molar-refractivity contribution in [3.63, 3.8) is 0 Å². The van der Waals surface area contributed by atoms with Crippen LogP contribution in [0.3, 0.4) is 0 Å². The van der Waals surface area contributed by atoms with Crippen molar-refractivity contribution in [1.29, 1.82) is 0 Å². The van der Waals surface area contributed by atoms with Gasteiger partial charge in [-0.25, -0.2) is 4.98 Å². The molecule has 142 valence electrons. The van der Waals surface area contributed by atoms with Crippen LogP contribution in [0.4, 0.5) is 0 Å². The number of benzene rings is 1. The zero-order chi connectivity index (χ0) is 17.9. The van der Waals surface area contributed by atoms with Gasteiger partial charge in [0.2, 0.25) is 0 Å². The molecule has 1 aliphatic heterocycles. The van der Waals surface area contributed by atoms with E-state index in [9.17, 15) is 4.79 Å². The minimum Gasteiger partial charge on any atom is -0.345 e. The van der Waals surface area contributed by atoms with Crippen molar-refractivity contribution in [2.24, 2.45) is 0 Å². The molecule has 3 N–H and O–H groups in total. The maximum atomic E-state index is 12.5.